The Hall–Kier alpha value is -2.89. The third-order valence-corrected chi connectivity index (χ3v) is 14.1. The van der Waals surface area contributed by atoms with Gasteiger partial charge in [-0.15, -0.1) is 0 Å². The maximum Gasteiger partial charge on any atom is 0.311 e. The molecule has 0 radical (unpaired) electrons. The molecule has 8 nitrogen and oxygen atoms in total. The van der Waals surface area contributed by atoms with E-state index in [2.05, 4.69) is 45.0 Å². The van der Waals surface area contributed by atoms with Gasteiger partial charge >= 0.3 is 5.97 Å². The molecule has 3 aromatic rings. The maximum absolute atomic E-state index is 12.7. The van der Waals surface area contributed by atoms with Crippen molar-refractivity contribution in [1.82, 2.24) is 0 Å². The van der Waals surface area contributed by atoms with Crippen molar-refractivity contribution in [2.24, 2.45) is 5.41 Å². The summed E-state index contributed by atoms with van der Waals surface area (Å²) in [5, 5.41) is 14.0. The Morgan fingerprint density at radius 3 is 1.83 bits per heavy atom. The summed E-state index contributed by atoms with van der Waals surface area (Å²) in [6.07, 6.45) is -4.55. The van der Waals surface area contributed by atoms with Gasteiger partial charge in [0.15, 0.2) is 5.79 Å². The fourth-order valence-corrected chi connectivity index (χ4v) is 11.3. The molecule has 0 saturated carbocycles. The highest BCUT2D eigenvalue weighted by atomic mass is 28.4. The number of esters is 1. The first-order valence-corrected chi connectivity index (χ1v) is 18.8. The molecule has 2 fully saturated rings. The first-order chi connectivity index (χ1) is 22.6. The van der Waals surface area contributed by atoms with Crippen LogP contribution < -0.4 is 10.4 Å². The number of carbonyl (C=O) groups excluding carboxylic acids is 1. The second-order valence-corrected chi connectivity index (χ2v) is 19.7. The van der Waals surface area contributed by atoms with E-state index >= 15 is 0 Å². The first kappa shape index (κ1) is 36.4. The minimum Gasteiger partial charge on any atom is -0.462 e. The number of ether oxygens (including phenoxy) is 5. The lowest BCUT2D eigenvalue weighted by molar-refractivity contribution is -0.170. The number of rotatable bonds is 11. The second-order valence-electron chi connectivity index (χ2n) is 15.4. The van der Waals surface area contributed by atoms with Crippen molar-refractivity contribution < 1.29 is 38.0 Å². The lowest BCUT2D eigenvalue weighted by atomic mass is 9.97. The van der Waals surface area contributed by atoms with Crippen molar-refractivity contribution in [3.8, 4) is 0 Å². The maximum atomic E-state index is 12.7. The average molecular weight is 677 g/mol. The molecular formula is C39H52O8Si. The summed E-state index contributed by atoms with van der Waals surface area (Å²) in [6.45, 7) is 16.1. The quantitative estimate of drug-likeness (QED) is 0.214. The largest absolute Gasteiger partial charge is 0.462 e. The molecular weight excluding hydrogens is 625 g/mol. The fraction of sp³-hybridized carbons (Fsp3) is 0.513. The van der Waals surface area contributed by atoms with Gasteiger partial charge in [0.1, 0.15) is 43.2 Å². The normalized spacial score (nSPS) is 26.0. The average Bonchev–Trinajstić information content (AvgIpc) is 3.53. The summed E-state index contributed by atoms with van der Waals surface area (Å²) < 4.78 is 38.7. The van der Waals surface area contributed by atoms with Crippen molar-refractivity contribution in [3.63, 3.8) is 0 Å². The molecule has 3 aromatic carbocycles. The number of hydrogen-bond donors (Lipinski definition) is 1. The first-order valence-electron chi connectivity index (χ1n) is 16.9. The van der Waals surface area contributed by atoms with Crippen LogP contribution in [0, 0.1) is 5.41 Å². The van der Waals surface area contributed by atoms with Gasteiger partial charge in [-0.3, -0.25) is 4.79 Å². The predicted molar refractivity (Wildman–Crippen MR) is 187 cm³/mol. The Bertz CT molecular complexity index is 1430. The molecule has 2 aliphatic rings. The standard InChI is InChI=1S/C39H52O8Si/c1-37(2,3)36(41)43-25-31-33(47-39(7,8)46-31)35-34(42-24-27-18-12-9-13-19-27)32(40)30(45-35)26-44-48(38(4,5)6,28-20-14-10-15-21-28)29-22-16-11-17-23-29/h9-23,30-35,40H,24-26H2,1-8H3/t30-,31+,32+,33+,34+,35+/m1/s1. The highest BCUT2D eigenvalue weighted by Gasteiger charge is 2.57. The summed E-state index contributed by atoms with van der Waals surface area (Å²) in [6, 6.07) is 30.6. The van der Waals surface area contributed by atoms with E-state index in [0.29, 0.717) is 0 Å². The summed E-state index contributed by atoms with van der Waals surface area (Å²) in [4.78, 5) is 12.7. The molecule has 1 N–H and O–H groups in total. The van der Waals surface area contributed by atoms with Gasteiger partial charge in [0.25, 0.3) is 8.32 Å². The van der Waals surface area contributed by atoms with Crippen LogP contribution in [0.2, 0.25) is 5.04 Å². The van der Waals surface area contributed by atoms with Crippen molar-refractivity contribution in [1.29, 1.82) is 0 Å². The van der Waals surface area contributed by atoms with Gasteiger partial charge in [0, 0.05) is 0 Å². The number of benzene rings is 3. The van der Waals surface area contributed by atoms with Gasteiger partial charge in [0.2, 0.25) is 0 Å². The van der Waals surface area contributed by atoms with E-state index in [4.69, 9.17) is 28.1 Å². The van der Waals surface area contributed by atoms with Gasteiger partial charge in [-0.05, 0) is 55.6 Å². The van der Waals surface area contributed by atoms with Gasteiger partial charge in [-0.25, -0.2) is 0 Å². The zero-order valence-electron chi connectivity index (χ0n) is 29.6. The Morgan fingerprint density at radius 1 is 0.771 bits per heavy atom. The van der Waals surface area contributed by atoms with E-state index < -0.39 is 56.1 Å². The van der Waals surface area contributed by atoms with Crippen molar-refractivity contribution in [2.75, 3.05) is 13.2 Å². The lowest BCUT2D eigenvalue weighted by Crippen LogP contribution is -2.67. The topological polar surface area (TPSA) is 92.7 Å². The smallest absolute Gasteiger partial charge is 0.311 e. The van der Waals surface area contributed by atoms with E-state index in [1.54, 1.807) is 0 Å². The molecule has 0 aliphatic carbocycles. The number of aliphatic hydroxyl groups is 1. The Balaban J connectivity index is 1.45. The number of carbonyl (C=O) groups is 1. The van der Waals surface area contributed by atoms with Crippen LogP contribution in [0.15, 0.2) is 91.0 Å². The predicted octanol–water partition coefficient (Wildman–Crippen LogP) is 5.39. The highest BCUT2D eigenvalue weighted by molar-refractivity contribution is 6.99. The van der Waals surface area contributed by atoms with Gasteiger partial charge < -0.3 is 33.2 Å². The zero-order chi connectivity index (χ0) is 34.7. The summed E-state index contributed by atoms with van der Waals surface area (Å²) >= 11 is 0. The molecule has 5 rings (SSSR count). The van der Waals surface area contributed by atoms with Crippen LogP contribution >= 0.6 is 0 Å². The molecule has 0 amide bonds. The molecule has 260 valence electrons. The van der Waals surface area contributed by atoms with Crippen LogP contribution in [0.1, 0.15) is 61.0 Å². The van der Waals surface area contributed by atoms with Crippen LogP contribution in [0.25, 0.3) is 0 Å². The molecule has 0 unspecified atom stereocenters. The SMILES string of the molecule is CC1(C)O[C@H]([C@@H]2O[C@H](CO[Si](c3ccccc3)(c3ccccc3)C(C)(C)C)[C@H](O)[C@@H]2OCc2ccccc2)[C@H](COC(=O)C(C)(C)C)O1. The molecule has 2 saturated heterocycles. The minimum absolute atomic E-state index is 0.0191. The van der Waals surface area contributed by atoms with Crippen LogP contribution in [0.4, 0.5) is 0 Å². The third-order valence-electron chi connectivity index (χ3n) is 9.08. The molecule has 0 aromatic heterocycles. The van der Waals surface area contributed by atoms with E-state index in [9.17, 15) is 9.90 Å². The summed E-state index contributed by atoms with van der Waals surface area (Å²) in [7, 11) is -2.92. The monoisotopic (exact) mass is 676 g/mol. The van der Waals surface area contributed by atoms with E-state index in [1.165, 1.54) is 0 Å². The van der Waals surface area contributed by atoms with Gasteiger partial charge in [0.05, 0.1) is 18.6 Å². The Morgan fingerprint density at radius 2 is 1.31 bits per heavy atom. The van der Waals surface area contributed by atoms with E-state index in [0.717, 1.165) is 15.9 Å². The molecule has 2 heterocycles. The van der Waals surface area contributed by atoms with Crippen LogP contribution in [-0.4, -0.2) is 75.0 Å². The number of aliphatic hydroxyl groups excluding tert-OH is 1. The highest BCUT2D eigenvalue weighted by Crippen LogP contribution is 2.40. The Kier molecular flexibility index (Phi) is 11.0. The fourth-order valence-electron chi connectivity index (χ4n) is 6.74. The van der Waals surface area contributed by atoms with Crippen LogP contribution in [0.5, 0.6) is 0 Å². The molecule has 9 heteroatoms. The lowest BCUT2D eigenvalue weighted by Gasteiger charge is -2.43. The third kappa shape index (κ3) is 7.94. The van der Waals surface area contributed by atoms with Crippen molar-refractivity contribution >= 4 is 24.7 Å². The Labute approximate surface area is 286 Å². The summed E-state index contributed by atoms with van der Waals surface area (Å²) in [5.74, 6) is -1.30. The molecule has 2 aliphatic heterocycles. The second kappa shape index (κ2) is 14.5. The molecule has 0 spiro atoms. The van der Waals surface area contributed by atoms with E-state index in [1.807, 2.05) is 101 Å². The van der Waals surface area contributed by atoms with Gasteiger partial charge in [-0.2, -0.15) is 0 Å². The van der Waals surface area contributed by atoms with Crippen molar-refractivity contribution in [3.05, 3.63) is 96.6 Å². The van der Waals surface area contributed by atoms with Crippen LogP contribution in [0.3, 0.4) is 0 Å². The minimum atomic E-state index is -2.92. The van der Waals surface area contributed by atoms with Crippen LogP contribution in [-0.2, 0) is 39.5 Å². The van der Waals surface area contributed by atoms with Gasteiger partial charge in [-0.1, -0.05) is 112 Å². The molecule has 6 atom stereocenters. The van der Waals surface area contributed by atoms with Crippen molar-refractivity contribution in [2.45, 2.75) is 109 Å². The zero-order valence-corrected chi connectivity index (χ0v) is 30.6. The number of hydrogen-bond acceptors (Lipinski definition) is 8. The van der Waals surface area contributed by atoms with E-state index in [-0.39, 0.29) is 30.8 Å². The molecule has 0 bridgehead atoms. The summed E-state index contributed by atoms with van der Waals surface area (Å²) in [5.41, 5.74) is 0.296. The molecule has 48 heavy (non-hydrogen) atoms.